The van der Waals surface area contributed by atoms with Crippen LogP contribution >= 0.6 is 22.6 Å². The number of hydrogen-bond acceptors (Lipinski definition) is 6. The maximum atomic E-state index is 4.96. The van der Waals surface area contributed by atoms with Gasteiger partial charge in [0.25, 0.3) is 5.89 Å². The number of hydrogen-bond donors (Lipinski definition) is 0. The minimum absolute atomic E-state index is 0.348. The van der Waals surface area contributed by atoms with Gasteiger partial charge in [0.1, 0.15) is 6.61 Å². The van der Waals surface area contributed by atoms with E-state index in [1.54, 1.807) is 13.2 Å². The first-order valence-electron chi connectivity index (χ1n) is 3.73. The molecule has 0 aliphatic heterocycles. The van der Waals surface area contributed by atoms with Crippen molar-refractivity contribution in [2.24, 2.45) is 0 Å². The lowest BCUT2D eigenvalue weighted by atomic mass is 10.4. The number of halogens is 1. The summed E-state index contributed by atoms with van der Waals surface area (Å²) in [6.07, 6.45) is 0. The Balaban J connectivity index is 2.24. The summed E-state index contributed by atoms with van der Waals surface area (Å²) in [4.78, 5) is 4.00. The zero-order valence-corrected chi connectivity index (χ0v) is 9.39. The summed E-state index contributed by atoms with van der Waals surface area (Å²) in [5.41, 5.74) is 0.521. The molecule has 7 heteroatoms. The average molecular weight is 307 g/mol. The Hall–Kier alpha value is -0.960. The number of ether oxygens (including phenoxy) is 1. The van der Waals surface area contributed by atoms with Crippen molar-refractivity contribution in [3.05, 3.63) is 15.7 Å². The van der Waals surface area contributed by atoms with Crippen molar-refractivity contribution in [3.63, 3.8) is 0 Å². The van der Waals surface area contributed by atoms with Gasteiger partial charge in [-0.2, -0.15) is 4.98 Å². The third-order valence-corrected chi connectivity index (χ3v) is 1.90. The normalized spacial score (nSPS) is 10.7. The molecule has 74 valence electrons. The minimum Gasteiger partial charge on any atom is -0.377 e. The van der Waals surface area contributed by atoms with E-state index in [0.29, 0.717) is 27.8 Å². The fourth-order valence-corrected chi connectivity index (χ4v) is 1.25. The quantitative estimate of drug-likeness (QED) is 0.800. The molecular formula is C7H6IN3O3. The van der Waals surface area contributed by atoms with Gasteiger partial charge in [0.15, 0.2) is 11.5 Å². The molecule has 0 atom stereocenters. The molecule has 0 fully saturated rings. The van der Waals surface area contributed by atoms with Gasteiger partial charge >= 0.3 is 0 Å². The third kappa shape index (κ3) is 1.93. The summed E-state index contributed by atoms with van der Waals surface area (Å²) in [5.74, 6) is 0.969. The fraction of sp³-hybridized carbons (Fsp3) is 0.286. The molecule has 0 aliphatic carbocycles. The molecule has 14 heavy (non-hydrogen) atoms. The lowest BCUT2D eigenvalue weighted by Crippen LogP contribution is -1.81. The summed E-state index contributed by atoms with van der Waals surface area (Å²) >= 11 is 1.95. The highest BCUT2D eigenvalue weighted by atomic mass is 127. The van der Waals surface area contributed by atoms with Gasteiger partial charge in [-0.1, -0.05) is 10.3 Å². The van der Waals surface area contributed by atoms with Crippen LogP contribution in [0.3, 0.4) is 0 Å². The molecular weight excluding hydrogens is 301 g/mol. The van der Waals surface area contributed by atoms with Crippen molar-refractivity contribution < 1.29 is 13.8 Å². The highest BCUT2D eigenvalue weighted by Crippen LogP contribution is 2.17. The maximum absolute atomic E-state index is 4.96. The largest absolute Gasteiger partial charge is 0.377 e. The van der Waals surface area contributed by atoms with Crippen LogP contribution in [0.4, 0.5) is 0 Å². The van der Waals surface area contributed by atoms with Gasteiger partial charge in [-0.3, -0.25) is 0 Å². The zero-order valence-electron chi connectivity index (χ0n) is 7.23. The summed E-state index contributed by atoms with van der Waals surface area (Å²) in [7, 11) is 1.58. The second-order valence-corrected chi connectivity index (χ2v) is 3.44. The highest BCUT2D eigenvalue weighted by molar-refractivity contribution is 14.1. The van der Waals surface area contributed by atoms with Crippen LogP contribution in [0.15, 0.2) is 15.1 Å². The summed E-state index contributed by atoms with van der Waals surface area (Å²) in [5, 5.41) is 7.40. The molecule has 0 bridgehead atoms. The molecule has 0 saturated carbocycles. The molecule has 0 N–H and O–H groups in total. The van der Waals surface area contributed by atoms with Gasteiger partial charge in [0.05, 0.1) is 0 Å². The predicted octanol–water partition coefficient (Wildman–Crippen LogP) is 1.48. The predicted molar refractivity (Wildman–Crippen MR) is 53.2 cm³/mol. The average Bonchev–Trinajstić information content (AvgIpc) is 2.74. The number of nitrogens with zero attached hydrogens (tertiary/aromatic N) is 3. The number of aromatic nitrogens is 3. The Kier molecular flexibility index (Phi) is 2.77. The van der Waals surface area contributed by atoms with Gasteiger partial charge in [0.2, 0.25) is 3.83 Å². The SMILES string of the molecule is COCc1cc(-c2nc(I)no2)no1. The Morgan fingerprint density at radius 1 is 1.43 bits per heavy atom. The second-order valence-electron chi connectivity index (χ2n) is 2.48. The topological polar surface area (TPSA) is 74.2 Å². The second kappa shape index (κ2) is 4.05. The smallest absolute Gasteiger partial charge is 0.280 e. The lowest BCUT2D eigenvalue weighted by molar-refractivity contribution is 0.156. The van der Waals surface area contributed by atoms with Crippen molar-refractivity contribution in [2.75, 3.05) is 7.11 Å². The Morgan fingerprint density at radius 2 is 2.29 bits per heavy atom. The monoisotopic (exact) mass is 307 g/mol. The van der Waals surface area contributed by atoms with Crippen molar-refractivity contribution in [2.45, 2.75) is 6.61 Å². The van der Waals surface area contributed by atoms with E-state index < -0.39 is 0 Å². The van der Waals surface area contributed by atoms with Crippen molar-refractivity contribution >= 4 is 22.6 Å². The molecule has 0 unspecified atom stereocenters. The Morgan fingerprint density at radius 3 is 2.93 bits per heavy atom. The molecule has 0 spiro atoms. The highest BCUT2D eigenvalue weighted by Gasteiger charge is 2.12. The molecule has 0 amide bonds. The first-order valence-corrected chi connectivity index (χ1v) is 4.81. The molecule has 2 aromatic rings. The summed E-state index contributed by atoms with van der Waals surface area (Å²) in [6, 6.07) is 1.70. The summed E-state index contributed by atoms with van der Waals surface area (Å²) in [6.45, 7) is 0.373. The van der Waals surface area contributed by atoms with Crippen LogP contribution in [0, 0.1) is 3.83 Å². The fourth-order valence-electron chi connectivity index (χ4n) is 0.934. The van der Waals surface area contributed by atoms with E-state index in [-0.39, 0.29) is 0 Å². The lowest BCUT2D eigenvalue weighted by Gasteiger charge is -1.87. The first kappa shape index (κ1) is 9.59. The van der Waals surface area contributed by atoms with Gasteiger partial charge in [-0.25, -0.2) is 0 Å². The molecule has 0 saturated heterocycles. The molecule has 0 aromatic carbocycles. The molecule has 6 nitrogen and oxygen atoms in total. The van der Waals surface area contributed by atoms with E-state index in [9.17, 15) is 0 Å². The van der Waals surface area contributed by atoms with Gasteiger partial charge in [-0.05, 0) is 0 Å². The molecule has 0 aliphatic rings. The third-order valence-electron chi connectivity index (χ3n) is 1.47. The van der Waals surface area contributed by atoms with Crippen molar-refractivity contribution in [3.8, 4) is 11.6 Å². The van der Waals surface area contributed by atoms with E-state index >= 15 is 0 Å². The van der Waals surface area contributed by atoms with Crippen LogP contribution in [0.5, 0.6) is 0 Å². The minimum atomic E-state index is 0.348. The Labute approximate surface area is 92.7 Å². The van der Waals surface area contributed by atoms with Crippen molar-refractivity contribution in [1.82, 2.24) is 15.3 Å². The Bertz CT molecular complexity index is 425. The molecule has 0 radical (unpaired) electrons. The van der Waals surface area contributed by atoms with Crippen LogP contribution in [-0.2, 0) is 11.3 Å². The van der Waals surface area contributed by atoms with Gasteiger partial charge in [0, 0.05) is 35.8 Å². The molecule has 2 rings (SSSR count). The van der Waals surface area contributed by atoms with E-state index in [1.807, 2.05) is 22.6 Å². The van der Waals surface area contributed by atoms with Crippen LogP contribution in [-0.4, -0.2) is 22.4 Å². The van der Waals surface area contributed by atoms with Crippen LogP contribution in [0.2, 0.25) is 0 Å². The standard InChI is InChI=1S/C7H6IN3O3/c1-12-3-4-2-5(10-13-4)6-9-7(8)11-14-6/h2H,3H2,1H3. The van der Waals surface area contributed by atoms with Gasteiger partial charge < -0.3 is 13.8 Å². The van der Waals surface area contributed by atoms with Crippen molar-refractivity contribution in [1.29, 1.82) is 0 Å². The van der Waals surface area contributed by atoms with E-state index in [2.05, 4.69) is 15.3 Å². The van der Waals surface area contributed by atoms with Gasteiger partial charge in [-0.15, -0.1) is 0 Å². The van der Waals surface area contributed by atoms with Crippen LogP contribution < -0.4 is 0 Å². The van der Waals surface area contributed by atoms with Crippen LogP contribution in [0.25, 0.3) is 11.6 Å². The van der Waals surface area contributed by atoms with E-state index in [0.717, 1.165) is 0 Å². The summed E-state index contributed by atoms with van der Waals surface area (Å²) < 4.78 is 15.3. The molecule has 2 heterocycles. The number of methoxy groups -OCH3 is 1. The zero-order chi connectivity index (χ0) is 9.97. The van der Waals surface area contributed by atoms with E-state index in [4.69, 9.17) is 13.8 Å². The van der Waals surface area contributed by atoms with E-state index in [1.165, 1.54) is 0 Å². The first-order chi connectivity index (χ1) is 6.79. The maximum Gasteiger partial charge on any atom is 0.280 e. The number of rotatable bonds is 3. The molecule has 2 aromatic heterocycles. The van der Waals surface area contributed by atoms with Crippen LogP contribution in [0.1, 0.15) is 5.76 Å².